The van der Waals surface area contributed by atoms with E-state index in [1.165, 1.54) is 0 Å². The van der Waals surface area contributed by atoms with Crippen molar-refractivity contribution in [3.05, 3.63) is 0 Å². The number of nitrogens with one attached hydrogen (secondary N) is 2. The smallest absolute Gasteiger partial charge is 0.314 e. The van der Waals surface area contributed by atoms with Crippen LogP contribution in [-0.4, -0.2) is 55.7 Å². The van der Waals surface area contributed by atoms with E-state index in [1.807, 2.05) is 19.0 Å². The maximum Gasteiger partial charge on any atom is 0.314 e. The molecule has 116 valence electrons. The lowest BCUT2D eigenvalue weighted by atomic mass is 9.71. The highest BCUT2D eigenvalue weighted by Crippen LogP contribution is 2.38. The van der Waals surface area contributed by atoms with Crippen molar-refractivity contribution >= 4 is 12.0 Å². The van der Waals surface area contributed by atoms with Gasteiger partial charge in [-0.15, -0.1) is 0 Å². The molecule has 3 N–H and O–H groups in total. The molecule has 0 atom stereocenters. The molecule has 0 radical (unpaired) electrons. The van der Waals surface area contributed by atoms with Crippen LogP contribution in [0, 0.1) is 11.3 Å². The van der Waals surface area contributed by atoms with Crippen LogP contribution in [0.2, 0.25) is 0 Å². The van der Waals surface area contributed by atoms with Gasteiger partial charge in [0.1, 0.15) is 0 Å². The lowest BCUT2D eigenvalue weighted by Gasteiger charge is -2.35. The Morgan fingerprint density at radius 1 is 1.25 bits per heavy atom. The van der Waals surface area contributed by atoms with E-state index in [0.717, 1.165) is 19.4 Å². The van der Waals surface area contributed by atoms with Crippen molar-refractivity contribution in [2.24, 2.45) is 11.3 Å². The molecule has 6 nitrogen and oxygen atoms in total. The average molecular weight is 285 g/mol. The molecule has 1 fully saturated rings. The van der Waals surface area contributed by atoms with Gasteiger partial charge in [0, 0.05) is 19.6 Å². The first-order chi connectivity index (χ1) is 9.35. The Labute approximate surface area is 120 Å². The van der Waals surface area contributed by atoms with E-state index in [4.69, 9.17) is 0 Å². The lowest BCUT2D eigenvalue weighted by Crippen LogP contribution is -2.48. The van der Waals surface area contributed by atoms with Crippen LogP contribution in [0.3, 0.4) is 0 Å². The molecular formula is C14H27N3O3. The molecule has 0 aromatic heterocycles. The second-order valence-corrected chi connectivity index (χ2v) is 6.18. The number of carboxylic acid groups (broad SMARTS) is 1. The minimum atomic E-state index is -0.794. The third-order valence-electron chi connectivity index (χ3n) is 4.12. The Bertz CT molecular complexity index is 337. The van der Waals surface area contributed by atoms with Gasteiger partial charge in [0.2, 0.25) is 0 Å². The minimum Gasteiger partial charge on any atom is -0.481 e. The normalized spacial score (nSPS) is 26.3. The molecule has 1 rings (SSSR count). The molecule has 0 unspecified atom stereocenters. The molecule has 0 bridgehead atoms. The summed E-state index contributed by atoms with van der Waals surface area (Å²) in [6.45, 7) is 3.67. The molecule has 1 saturated carbocycles. The number of aliphatic carboxylic acids is 1. The standard InChI is InChI=1S/C14H27N3O3/c1-11-4-6-14(7-5-11,12(18)19)10-16-13(20)15-8-9-17(2)3/h11H,4-10H2,1-3H3,(H,18,19)(H2,15,16,20). The minimum absolute atomic E-state index is 0.211. The Morgan fingerprint density at radius 2 is 1.85 bits per heavy atom. The van der Waals surface area contributed by atoms with Crippen molar-refractivity contribution in [1.29, 1.82) is 0 Å². The van der Waals surface area contributed by atoms with Gasteiger partial charge in [0.25, 0.3) is 0 Å². The molecule has 0 aliphatic heterocycles. The molecule has 0 aromatic rings. The highest BCUT2D eigenvalue weighted by molar-refractivity contribution is 5.78. The Kier molecular flexibility index (Phi) is 6.26. The zero-order valence-corrected chi connectivity index (χ0v) is 12.7. The Balaban J connectivity index is 2.40. The monoisotopic (exact) mass is 285 g/mol. The van der Waals surface area contributed by atoms with E-state index in [-0.39, 0.29) is 12.6 Å². The van der Waals surface area contributed by atoms with Crippen LogP contribution < -0.4 is 10.6 Å². The average Bonchev–Trinajstić information content (AvgIpc) is 2.37. The number of urea groups is 1. The van der Waals surface area contributed by atoms with Crippen LogP contribution >= 0.6 is 0 Å². The fraction of sp³-hybridized carbons (Fsp3) is 0.857. The number of carboxylic acids is 1. The third kappa shape index (κ3) is 5.00. The van der Waals surface area contributed by atoms with E-state index < -0.39 is 11.4 Å². The summed E-state index contributed by atoms with van der Waals surface area (Å²) in [5.74, 6) is -0.214. The van der Waals surface area contributed by atoms with Crippen molar-refractivity contribution in [3.63, 3.8) is 0 Å². The molecule has 0 spiro atoms. The number of hydrogen-bond donors (Lipinski definition) is 3. The Hall–Kier alpha value is -1.30. The number of hydrogen-bond acceptors (Lipinski definition) is 3. The predicted molar refractivity (Wildman–Crippen MR) is 77.7 cm³/mol. The van der Waals surface area contributed by atoms with Crippen LogP contribution in [0.5, 0.6) is 0 Å². The van der Waals surface area contributed by atoms with Gasteiger partial charge in [-0.2, -0.15) is 0 Å². The topological polar surface area (TPSA) is 81.7 Å². The third-order valence-corrected chi connectivity index (χ3v) is 4.12. The van der Waals surface area contributed by atoms with E-state index in [2.05, 4.69) is 17.6 Å². The van der Waals surface area contributed by atoms with Crippen molar-refractivity contribution in [2.75, 3.05) is 33.7 Å². The number of carbonyl (C=O) groups excluding carboxylic acids is 1. The van der Waals surface area contributed by atoms with E-state index in [1.54, 1.807) is 0 Å². The summed E-state index contributed by atoms with van der Waals surface area (Å²) in [5.41, 5.74) is -0.786. The van der Waals surface area contributed by atoms with Crippen LogP contribution in [0.15, 0.2) is 0 Å². The van der Waals surface area contributed by atoms with Gasteiger partial charge in [-0.1, -0.05) is 6.92 Å². The van der Waals surface area contributed by atoms with Crippen molar-refractivity contribution < 1.29 is 14.7 Å². The van der Waals surface area contributed by atoms with Crippen molar-refractivity contribution in [1.82, 2.24) is 15.5 Å². The van der Waals surface area contributed by atoms with Gasteiger partial charge >= 0.3 is 12.0 Å². The predicted octanol–water partition coefficient (Wildman–Crippen LogP) is 1.13. The van der Waals surface area contributed by atoms with Crippen LogP contribution in [-0.2, 0) is 4.79 Å². The van der Waals surface area contributed by atoms with Crippen LogP contribution in [0.25, 0.3) is 0 Å². The van der Waals surface area contributed by atoms with Gasteiger partial charge in [-0.05, 0) is 45.7 Å². The fourth-order valence-electron chi connectivity index (χ4n) is 2.49. The maximum atomic E-state index is 11.7. The fourth-order valence-corrected chi connectivity index (χ4v) is 2.49. The first-order valence-electron chi connectivity index (χ1n) is 7.25. The highest BCUT2D eigenvalue weighted by Gasteiger charge is 2.41. The molecule has 0 heterocycles. The van der Waals surface area contributed by atoms with Crippen LogP contribution in [0.1, 0.15) is 32.6 Å². The Morgan fingerprint density at radius 3 is 2.35 bits per heavy atom. The summed E-state index contributed by atoms with van der Waals surface area (Å²) in [5, 5.41) is 14.9. The quantitative estimate of drug-likeness (QED) is 0.683. The first kappa shape index (κ1) is 16.8. The molecule has 1 aliphatic carbocycles. The largest absolute Gasteiger partial charge is 0.481 e. The molecule has 0 aromatic carbocycles. The van der Waals surface area contributed by atoms with Crippen molar-refractivity contribution in [3.8, 4) is 0 Å². The second kappa shape index (κ2) is 7.47. The van der Waals surface area contributed by atoms with Crippen LogP contribution in [0.4, 0.5) is 4.79 Å². The van der Waals surface area contributed by atoms with Crippen molar-refractivity contribution in [2.45, 2.75) is 32.6 Å². The summed E-state index contributed by atoms with van der Waals surface area (Å²) in [4.78, 5) is 25.2. The SMILES string of the molecule is CC1CCC(CNC(=O)NCCN(C)C)(C(=O)O)CC1. The molecule has 6 heteroatoms. The number of carbonyl (C=O) groups is 2. The van der Waals surface area contributed by atoms with Gasteiger partial charge in [0.15, 0.2) is 0 Å². The second-order valence-electron chi connectivity index (χ2n) is 6.18. The summed E-state index contributed by atoms with van der Waals surface area (Å²) in [6.07, 6.45) is 3.11. The van der Waals surface area contributed by atoms with Gasteiger partial charge in [-0.3, -0.25) is 4.79 Å². The summed E-state index contributed by atoms with van der Waals surface area (Å²) >= 11 is 0. The van der Waals surface area contributed by atoms with E-state index in [0.29, 0.717) is 25.3 Å². The lowest BCUT2D eigenvalue weighted by molar-refractivity contribution is -0.151. The van der Waals surface area contributed by atoms with Gasteiger partial charge < -0.3 is 20.6 Å². The first-order valence-corrected chi connectivity index (χ1v) is 7.25. The number of rotatable bonds is 6. The maximum absolute atomic E-state index is 11.7. The van der Waals surface area contributed by atoms with Gasteiger partial charge in [0.05, 0.1) is 5.41 Å². The zero-order chi connectivity index (χ0) is 15.2. The van der Waals surface area contributed by atoms with E-state index >= 15 is 0 Å². The summed E-state index contributed by atoms with van der Waals surface area (Å²) in [7, 11) is 3.87. The summed E-state index contributed by atoms with van der Waals surface area (Å²) < 4.78 is 0. The number of nitrogens with zero attached hydrogens (tertiary/aromatic N) is 1. The molecule has 20 heavy (non-hydrogen) atoms. The molecular weight excluding hydrogens is 258 g/mol. The molecule has 2 amide bonds. The zero-order valence-electron chi connectivity index (χ0n) is 12.7. The number of likely N-dealkylation sites (N-methyl/N-ethyl adjacent to an activating group) is 1. The molecule has 0 saturated heterocycles. The number of amides is 2. The summed E-state index contributed by atoms with van der Waals surface area (Å²) in [6, 6.07) is -0.286. The van der Waals surface area contributed by atoms with E-state index in [9.17, 15) is 14.7 Å². The van der Waals surface area contributed by atoms with Gasteiger partial charge in [-0.25, -0.2) is 4.79 Å². The molecule has 1 aliphatic rings. The highest BCUT2D eigenvalue weighted by atomic mass is 16.4.